The Hall–Kier alpha value is -0.610. The number of piperidine rings is 2. The summed E-state index contributed by atoms with van der Waals surface area (Å²) in [5.74, 6) is 1.46. The summed E-state index contributed by atoms with van der Waals surface area (Å²) in [5.41, 5.74) is 0. The minimum atomic E-state index is 0.262. The summed E-state index contributed by atoms with van der Waals surface area (Å²) in [5, 5.41) is 8.80. The molecule has 0 radical (unpaired) electrons. The second-order valence-electron chi connectivity index (χ2n) is 6.55. The van der Waals surface area contributed by atoms with Gasteiger partial charge in [0, 0.05) is 25.6 Å². The molecule has 2 aliphatic rings. The monoisotopic (exact) mass is 282 g/mol. The molecule has 0 saturated carbocycles. The molecule has 1 N–H and O–H groups in total. The number of hydrogen-bond donors (Lipinski definition) is 1. The summed E-state index contributed by atoms with van der Waals surface area (Å²) < 4.78 is 0. The molecule has 116 valence electrons. The van der Waals surface area contributed by atoms with Crippen molar-refractivity contribution in [3.8, 4) is 0 Å². The van der Waals surface area contributed by atoms with Crippen LogP contribution in [0, 0.1) is 11.8 Å². The van der Waals surface area contributed by atoms with E-state index in [9.17, 15) is 4.79 Å². The van der Waals surface area contributed by atoms with Gasteiger partial charge in [-0.2, -0.15) is 0 Å². The molecule has 0 bridgehead atoms. The highest BCUT2D eigenvalue weighted by Crippen LogP contribution is 2.23. The zero-order chi connectivity index (χ0) is 14.4. The van der Waals surface area contributed by atoms with Crippen LogP contribution in [0.4, 0.5) is 0 Å². The number of nitrogens with zero attached hydrogens (tertiary/aromatic N) is 2. The molecule has 0 aromatic carbocycles. The Morgan fingerprint density at radius 2 is 1.70 bits per heavy atom. The van der Waals surface area contributed by atoms with E-state index in [-0.39, 0.29) is 5.92 Å². The van der Waals surface area contributed by atoms with Crippen LogP contribution in [0.15, 0.2) is 0 Å². The Labute approximate surface area is 123 Å². The third-order valence-electron chi connectivity index (χ3n) is 4.91. The number of rotatable bonds is 5. The molecule has 0 spiro atoms. The zero-order valence-corrected chi connectivity index (χ0v) is 12.9. The standard InChI is InChI=1S/C16H30N2O2/c1-14-4-11-18(12-5-14)16(20)15-6-9-17(10-7-15)8-2-3-13-19/h14-15,19H,2-13H2,1H3. The molecule has 0 unspecified atom stereocenters. The lowest BCUT2D eigenvalue weighted by atomic mass is 9.92. The van der Waals surface area contributed by atoms with E-state index in [1.165, 1.54) is 12.8 Å². The van der Waals surface area contributed by atoms with Crippen molar-refractivity contribution in [3.05, 3.63) is 0 Å². The van der Waals surface area contributed by atoms with Gasteiger partial charge in [0.25, 0.3) is 0 Å². The van der Waals surface area contributed by atoms with E-state index in [4.69, 9.17) is 5.11 Å². The lowest BCUT2D eigenvalue weighted by molar-refractivity contribution is -0.138. The maximum atomic E-state index is 12.5. The smallest absolute Gasteiger partial charge is 0.225 e. The first-order valence-corrected chi connectivity index (χ1v) is 8.32. The Morgan fingerprint density at radius 3 is 2.30 bits per heavy atom. The minimum absolute atomic E-state index is 0.262. The Morgan fingerprint density at radius 1 is 1.05 bits per heavy atom. The van der Waals surface area contributed by atoms with Gasteiger partial charge in [0.15, 0.2) is 0 Å². The third-order valence-corrected chi connectivity index (χ3v) is 4.91. The van der Waals surface area contributed by atoms with E-state index in [2.05, 4.69) is 16.7 Å². The predicted octanol–water partition coefficient (Wildman–Crippen LogP) is 1.73. The molecule has 2 saturated heterocycles. The van der Waals surface area contributed by atoms with Crippen LogP contribution in [0.1, 0.15) is 45.4 Å². The van der Waals surface area contributed by atoms with Gasteiger partial charge in [0.05, 0.1) is 0 Å². The van der Waals surface area contributed by atoms with Gasteiger partial charge < -0.3 is 14.9 Å². The SMILES string of the molecule is CC1CCN(C(=O)C2CCN(CCCCO)CC2)CC1. The third kappa shape index (κ3) is 4.45. The topological polar surface area (TPSA) is 43.8 Å². The van der Waals surface area contributed by atoms with E-state index in [0.29, 0.717) is 12.5 Å². The van der Waals surface area contributed by atoms with Gasteiger partial charge in [-0.15, -0.1) is 0 Å². The number of hydrogen-bond acceptors (Lipinski definition) is 3. The summed E-state index contributed by atoms with van der Waals surface area (Å²) in [6, 6.07) is 0. The molecule has 1 amide bonds. The van der Waals surface area contributed by atoms with Gasteiger partial charge in [-0.05, 0) is 64.1 Å². The van der Waals surface area contributed by atoms with Crippen molar-refractivity contribution in [1.29, 1.82) is 0 Å². The molecule has 0 aromatic heterocycles. The second-order valence-corrected chi connectivity index (χ2v) is 6.55. The van der Waals surface area contributed by atoms with Crippen molar-refractivity contribution >= 4 is 5.91 Å². The fourth-order valence-corrected chi connectivity index (χ4v) is 3.34. The van der Waals surface area contributed by atoms with Crippen molar-refractivity contribution in [2.45, 2.75) is 45.4 Å². The molecule has 0 atom stereocenters. The normalized spacial score (nSPS) is 23.2. The fourth-order valence-electron chi connectivity index (χ4n) is 3.34. The Bertz CT molecular complexity index is 293. The summed E-state index contributed by atoms with van der Waals surface area (Å²) in [7, 11) is 0. The molecule has 4 nitrogen and oxygen atoms in total. The second kappa shape index (κ2) is 7.99. The van der Waals surface area contributed by atoms with Gasteiger partial charge in [-0.25, -0.2) is 0 Å². The van der Waals surface area contributed by atoms with Gasteiger partial charge in [-0.1, -0.05) is 6.92 Å². The van der Waals surface area contributed by atoms with Crippen LogP contribution in [0.2, 0.25) is 0 Å². The molecule has 0 aromatic rings. The van der Waals surface area contributed by atoms with Crippen molar-refractivity contribution in [2.24, 2.45) is 11.8 Å². The van der Waals surface area contributed by atoms with Gasteiger partial charge in [-0.3, -0.25) is 4.79 Å². The summed E-state index contributed by atoms with van der Waals surface area (Å²) in [4.78, 5) is 17.0. The molecule has 2 fully saturated rings. The molecule has 2 heterocycles. The number of unbranched alkanes of at least 4 members (excludes halogenated alkanes) is 1. The number of carbonyl (C=O) groups excluding carboxylic acids is 1. The summed E-state index contributed by atoms with van der Waals surface area (Å²) >= 11 is 0. The molecule has 4 heteroatoms. The Kier molecular flexibility index (Phi) is 6.30. The van der Waals surface area contributed by atoms with E-state index in [1.807, 2.05) is 0 Å². The average molecular weight is 282 g/mol. The lowest BCUT2D eigenvalue weighted by Gasteiger charge is -2.36. The number of aliphatic hydroxyl groups is 1. The van der Waals surface area contributed by atoms with Crippen molar-refractivity contribution in [1.82, 2.24) is 9.80 Å². The highest BCUT2D eigenvalue weighted by molar-refractivity contribution is 5.79. The quantitative estimate of drug-likeness (QED) is 0.781. The van der Waals surface area contributed by atoms with Crippen LogP contribution in [-0.2, 0) is 4.79 Å². The van der Waals surface area contributed by atoms with Crippen LogP contribution >= 0.6 is 0 Å². The first-order chi connectivity index (χ1) is 9.70. The maximum absolute atomic E-state index is 12.5. The van der Waals surface area contributed by atoms with Crippen LogP contribution in [0.25, 0.3) is 0 Å². The van der Waals surface area contributed by atoms with Crippen molar-refractivity contribution in [3.63, 3.8) is 0 Å². The largest absolute Gasteiger partial charge is 0.396 e. The van der Waals surface area contributed by atoms with Crippen molar-refractivity contribution in [2.75, 3.05) is 39.3 Å². The predicted molar refractivity (Wildman–Crippen MR) is 80.5 cm³/mol. The number of carbonyl (C=O) groups is 1. The number of likely N-dealkylation sites (tertiary alicyclic amines) is 2. The fraction of sp³-hybridized carbons (Fsp3) is 0.938. The first-order valence-electron chi connectivity index (χ1n) is 8.32. The molecular formula is C16H30N2O2. The zero-order valence-electron chi connectivity index (χ0n) is 12.9. The molecule has 0 aliphatic carbocycles. The molecular weight excluding hydrogens is 252 g/mol. The lowest BCUT2D eigenvalue weighted by Crippen LogP contribution is -2.45. The minimum Gasteiger partial charge on any atom is -0.396 e. The van der Waals surface area contributed by atoms with E-state index in [0.717, 1.165) is 64.3 Å². The Balaban J connectivity index is 1.69. The highest BCUT2D eigenvalue weighted by Gasteiger charge is 2.29. The van der Waals surface area contributed by atoms with Crippen LogP contribution in [-0.4, -0.2) is 60.1 Å². The number of aliphatic hydroxyl groups excluding tert-OH is 1. The number of amides is 1. The van der Waals surface area contributed by atoms with Gasteiger partial charge >= 0.3 is 0 Å². The van der Waals surface area contributed by atoms with Crippen LogP contribution < -0.4 is 0 Å². The van der Waals surface area contributed by atoms with Crippen molar-refractivity contribution < 1.29 is 9.90 Å². The molecule has 20 heavy (non-hydrogen) atoms. The van der Waals surface area contributed by atoms with Crippen LogP contribution in [0.5, 0.6) is 0 Å². The average Bonchev–Trinajstić information content (AvgIpc) is 2.48. The van der Waals surface area contributed by atoms with E-state index in [1.54, 1.807) is 0 Å². The van der Waals surface area contributed by atoms with Crippen LogP contribution in [0.3, 0.4) is 0 Å². The van der Waals surface area contributed by atoms with Gasteiger partial charge in [0.2, 0.25) is 5.91 Å². The van der Waals surface area contributed by atoms with E-state index < -0.39 is 0 Å². The van der Waals surface area contributed by atoms with E-state index >= 15 is 0 Å². The highest BCUT2D eigenvalue weighted by atomic mass is 16.2. The summed E-state index contributed by atoms with van der Waals surface area (Å²) in [6.07, 6.45) is 6.34. The van der Waals surface area contributed by atoms with Gasteiger partial charge in [0.1, 0.15) is 0 Å². The maximum Gasteiger partial charge on any atom is 0.225 e. The summed E-state index contributed by atoms with van der Waals surface area (Å²) in [6.45, 7) is 7.68. The first kappa shape index (κ1) is 15.8. The molecule has 2 rings (SSSR count). The molecule has 2 aliphatic heterocycles.